The van der Waals surface area contributed by atoms with E-state index in [1.54, 1.807) is 30.5 Å². The maximum atomic E-state index is 12.1. The highest BCUT2D eigenvalue weighted by Gasteiger charge is 2.19. The van der Waals surface area contributed by atoms with E-state index in [2.05, 4.69) is 21.2 Å². The lowest BCUT2D eigenvalue weighted by atomic mass is 10.2. The molecule has 1 atom stereocenters. The van der Waals surface area contributed by atoms with Crippen LogP contribution in [0, 0.1) is 0 Å². The van der Waals surface area contributed by atoms with Crippen LogP contribution in [-0.4, -0.2) is 28.7 Å². The van der Waals surface area contributed by atoms with Gasteiger partial charge in [-0.05, 0) is 31.2 Å². The quantitative estimate of drug-likeness (QED) is 0.619. The molecular weight excluding hydrogens is 355 g/mol. The van der Waals surface area contributed by atoms with Crippen molar-refractivity contribution in [2.45, 2.75) is 13.0 Å². The maximum Gasteiger partial charge on any atom is 0.286 e. The summed E-state index contributed by atoms with van der Waals surface area (Å²) in [6.45, 7) is 1.46. The molecule has 7 nitrogen and oxygen atoms in total. The average molecular weight is 369 g/mol. The Bertz CT molecular complexity index is 762. The summed E-state index contributed by atoms with van der Waals surface area (Å²) in [5, 5.41) is 2.81. The molecule has 0 radical (unpaired) electrons. The fourth-order valence-corrected chi connectivity index (χ4v) is 2.17. The number of hydrazine groups is 1. The summed E-state index contributed by atoms with van der Waals surface area (Å²) in [6, 6.07) is 6.90. The number of rotatable bonds is 4. The molecular formula is C15H14Cl2N4O3. The molecule has 0 fully saturated rings. The molecule has 0 aliphatic heterocycles. The number of H-pyrrole nitrogens is 1. The van der Waals surface area contributed by atoms with Crippen molar-refractivity contribution >= 4 is 40.9 Å². The Balaban J connectivity index is 1.90. The fraction of sp³-hybridized carbons (Fsp3) is 0.133. The van der Waals surface area contributed by atoms with Crippen LogP contribution in [-0.2, 0) is 4.79 Å². The van der Waals surface area contributed by atoms with Gasteiger partial charge in [0, 0.05) is 6.20 Å². The largest absolute Gasteiger partial charge is 0.357 e. The van der Waals surface area contributed by atoms with Crippen molar-refractivity contribution in [3.63, 3.8) is 0 Å². The van der Waals surface area contributed by atoms with Gasteiger partial charge in [-0.25, -0.2) is 0 Å². The normalized spacial score (nSPS) is 11.5. The van der Waals surface area contributed by atoms with Gasteiger partial charge in [0.25, 0.3) is 17.7 Å². The molecule has 2 aromatic rings. The second-order valence-electron chi connectivity index (χ2n) is 4.82. The molecule has 0 saturated carbocycles. The Hall–Kier alpha value is -2.51. The van der Waals surface area contributed by atoms with Crippen molar-refractivity contribution in [3.8, 4) is 0 Å². The monoisotopic (exact) mass is 368 g/mol. The first-order valence-corrected chi connectivity index (χ1v) is 7.64. The number of halogens is 2. The van der Waals surface area contributed by atoms with Gasteiger partial charge in [-0.3, -0.25) is 25.2 Å². The first-order chi connectivity index (χ1) is 11.4. The highest BCUT2D eigenvalue weighted by molar-refractivity contribution is 6.43. The fourth-order valence-electron chi connectivity index (χ4n) is 1.78. The molecule has 3 amide bonds. The standard InChI is InChI=1S/C15H14Cl2N4O3/c1-8(13(22)20-21-15(24)11-6-3-7-18-11)19-14(23)9-4-2-5-10(16)12(9)17/h2-8,18H,1H3,(H,19,23)(H,20,22)(H,21,24). The summed E-state index contributed by atoms with van der Waals surface area (Å²) in [5.41, 5.74) is 4.89. The zero-order valence-electron chi connectivity index (χ0n) is 12.5. The molecule has 0 aliphatic rings. The zero-order chi connectivity index (χ0) is 17.7. The molecule has 0 spiro atoms. The van der Waals surface area contributed by atoms with E-state index in [9.17, 15) is 14.4 Å². The minimum Gasteiger partial charge on any atom is -0.357 e. The van der Waals surface area contributed by atoms with Crippen molar-refractivity contribution in [2.75, 3.05) is 0 Å². The highest BCUT2D eigenvalue weighted by atomic mass is 35.5. The maximum absolute atomic E-state index is 12.1. The summed E-state index contributed by atoms with van der Waals surface area (Å²) in [5.74, 6) is -1.66. The lowest BCUT2D eigenvalue weighted by Gasteiger charge is -2.15. The van der Waals surface area contributed by atoms with Gasteiger partial charge < -0.3 is 10.3 Å². The smallest absolute Gasteiger partial charge is 0.286 e. The van der Waals surface area contributed by atoms with Gasteiger partial charge in [-0.15, -0.1) is 0 Å². The van der Waals surface area contributed by atoms with Gasteiger partial charge in [0.1, 0.15) is 11.7 Å². The molecule has 2 rings (SSSR count). The number of nitrogens with one attached hydrogen (secondary N) is 4. The lowest BCUT2D eigenvalue weighted by molar-refractivity contribution is -0.123. The van der Waals surface area contributed by atoms with E-state index in [0.29, 0.717) is 0 Å². The second kappa shape index (κ2) is 7.85. The topological polar surface area (TPSA) is 103 Å². The SMILES string of the molecule is CC(NC(=O)c1cccc(Cl)c1Cl)C(=O)NNC(=O)c1ccc[nH]1. The molecule has 0 bridgehead atoms. The van der Waals surface area contributed by atoms with Gasteiger partial charge in [0.05, 0.1) is 15.6 Å². The molecule has 1 unspecified atom stereocenters. The van der Waals surface area contributed by atoms with E-state index < -0.39 is 23.8 Å². The van der Waals surface area contributed by atoms with Gasteiger partial charge >= 0.3 is 0 Å². The van der Waals surface area contributed by atoms with Crippen LogP contribution in [0.5, 0.6) is 0 Å². The van der Waals surface area contributed by atoms with Gasteiger partial charge in [-0.2, -0.15) is 0 Å². The molecule has 1 aromatic carbocycles. The molecule has 1 heterocycles. The second-order valence-corrected chi connectivity index (χ2v) is 5.61. The molecule has 24 heavy (non-hydrogen) atoms. The van der Waals surface area contributed by atoms with Crippen LogP contribution in [0.4, 0.5) is 0 Å². The number of hydrogen-bond acceptors (Lipinski definition) is 3. The molecule has 0 saturated heterocycles. The van der Waals surface area contributed by atoms with Crippen molar-refractivity contribution < 1.29 is 14.4 Å². The predicted molar refractivity (Wildman–Crippen MR) is 89.8 cm³/mol. The number of aromatic nitrogens is 1. The van der Waals surface area contributed by atoms with Crippen molar-refractivity contribution in [1.29, 1.82) is 0 Å². The number of benzene rings is 1. The minimum atomic E-state index is -0.906. The van der Waals surface area contributed by atoms with E-state index in [0.717, 1.165) is 0 Å². The van der Waals surface area contributed by atoms with E-state index in [-0.39, 0.29) is 21.3 Å². The van der Waals surface area contributed by atoms with Gasteiger partial charge in [-0.1, -0.05) is 29.3 Å². The van der Waals surface area contributed by atoms with E-state index in [1.807, 2.05) is 0 Å². The Kier molecular flexibility index (Phi) is 5.83. The third kappa shape index (κ3) is 4.27. The summed E-state index contributed by atoms with van der Waals surface area (Å²) in [6.07, 6.45) is 1.58. The zero-order valence-corrected chi connectivity index (χ0v) is 14.0. The summed E-state index contributed by atoms with van der Waals surface area (Å²) in [4.78, 5) is 38.4. The predicted octanol–water partition coefficient (Wildman–Crippen LogP) is 1.90. The molecule has 4 N–H and O–H groups in total. The Labute approximate surface area is 147 Å². The third-order valence-corrected chi connectivity index (χ3v) is 3.90. The lowest BCUT2D eigenvalue weighted by Crippen LogP contribution is -2.51. The number of carbonyl (C=O) groups is 3. The molecule has 0 aliphatic carbocycles. The van der Waals surface area contributed by atoms with Crippen LogP contribution in [0.2, 0.25) is 10.0 Å². The van der Waals surface area contributed by atoms with E-state index in [4.69, 9.17) is 23.2 Å². The first-order valence-electron chi connectivity index (χ1n) is 6.88. The van der Waals surface area contributed by atoms with Gasteiger partial charge in [0.15, 0.2) is 0 Å². The van der Waals surface area contributed by atoms with Crippen LogP contribution in [0.1, 0.15) is 27.8 Å². The highest BCUT2D eigenvalue weighted by Crippen LogP contribution is 2.25. The number of carbonyl (C=O) groups excluding carboxylic acids is 3. The van der Waals surface area contributed by atoms with E-state index in [1.165, 1.54) is 13.0 Å². The van der Waals surface area contributed by atoms with Crippen LogP contribution < -0.4 is 16.2 Å². The molecule has 9 heteroatoms. The number of amides is 3. The summed E-state index contributed by atoms with van der Waals surface area (Å²) < 4.78 is 0. The van der Waals surface area contributed by atoms with Crippen LogP contribution >= 0.6 is 23.2 Å². The molecule has 1 aromatic heterocycles. The number of aromatic amines is 1. The summed E-state index contributed by atoms with van der Waals surface area (Å²) >= 11 is 11.8. The Morgan fingerprint density at radius 1 is 1.04 bits per heavy atom. The van der Waals surface area contributed by atoms with Gasteiger partial charge in [0.2, 0.25) is 0 Å². The average Bonchev–Trinajstić information content (AvgIpc) is 3.09. The van der Waals surface area contributed by atoms with Crippen LogP contribution in [0.25, 0.3) is 0 Å². The molecule has 126 valence electrons. The van der Waals surface area contributed by atoms with Crippen molar-refractivity contribution in [3.05, 3.63) is 57.8 Å². The third-order valence-electron chi connectivity index (χ3n) is 3.08. The Morgan fingerprint density at radius 3 is 2.46 bits per heavy atom. The Morgan fingerprint density at radius 2 is 1.79 bits per heavy atom. The van der Waals surface area contributed by atoms with Crippen molar-refractivity contribution in [1.82, 2.24) is 21.2 Å². The van der Waals surface area contributed by atoms with Crippen molar-refractivity contribution in [2.24, 2.45) is 0 Å². The summed E-state index contributed by atoms with van der Waals surface area (Å²) in [7, 11) is 0. The van der Waals surface area contributed by atoms with Crippen LogP contribution in [0.15, 0.2) is 36.5 Å². The minimum absolute atomic E-state index is 0.101. The first kappa shape index (κ1) is 17.8. The number of hydrogen-bond donors (Lipinski definition) is 4. The van der Waals surface area contributed by atoms with Crippen LogP contribution in [0.3, 0.4) is 0 Å². The van der Waals surface area contributed by atoms with E-state index >= 15 is 0 Å².